The van der Waals surface area contributed by atoms with Crippen molar-refractivity contribution in [1.82, 2.24) is 19.6 Å². The summed E-state index contributed by atoms with van der Waals surface area (Å²) in [6.45, 7) is 24.9. The fraction of sp³-hybridized carbons (Fsp3) is 0.480. The molecule has 14 rings (SSSR count). The highest BCUT2D eigenvalue weighted by Gasteiger charge is 2.52. The molecule has 602 valence electrons. The van der Waals surface area contributed by atoms with Crippen LogP contribution in [0.15, 0.2) is 144 Å². The molecule has 0 saturated carbocycles. The van der Waals surface area contributed by atoms with Crippen LogP contribution in [0.4, 0.5) is 0 Å². The molecule has 0 N–H and O–H groups in total. The summed E-state index contributed by atoms with van der Waals surface area (Å²) >= 11 is 10.7. The second-order valence-electron chi connectivity index (χ2n) is 33.2. The molecule has 10 heterocycles. The molecule has 4 amide bonds. The number of hydrogen-bond donors (Lipinski definition) is 0. The number of fused-ring (bicyclic) bond motifs is 2. The lowest BCUT2D eigenvalue weighted by molar-refractivity contribution is -0.124. The molecule has 114 heavy (non-hydrogen) atoms. The van der Waals surface area contributed by atoms with Gasteiger partial charge in [0.1, 0.15) is 0 Å². The largest absolute Gasteiger partial charge is 0.306 e. The minimum atomic E-state index is -0.0381. The summed E-state index contributed by atoms with van der Waals surface area (Å²) in [6.07, 6.45) is 34.4. The summed E-state index contributed by atoms with van der Waals surface area (Å²) in [5.74, 6) is 1.05. The summed E-state index contributed by atoms with van der Waals surface area (Å²) in [5, 5.41) is 7.11. The van der Waals surface area contributed by atoms with E-state index in [0.29, 0.717) is 72.1 Å². The molecular weight excluding hydrogens is 1510 g/mol. The van der Waals surface area contributed by atoms with Gasteiger partial charge in [0, 0.05) is 65.2 Å². The van der Waals surface area contributed by atoms with Crippen LogP contribution in [0.5, 0.6) is 0 Å². The quantitative estimate of drug-likeness (QED) is 0.0281. The lowest BCUT2D eigenvalue weighted by Crippen LogP contribution is -2.34. The number of carbonyl (C=O) groups excluding carboxylic acids is 4. The van der Waals surface area contributed by atoms with Gasteiger partial charge in [-0.2, -0.15) is 0 Å². The number of amides is 4. The first kappa shape index (κ1) is 83.5. The number of hydrogen-bond acceptors (Lipinski definition) is 10. The molecule has 4 unspecified atom stereocenters. The van der Waals surface area contributed by atoms with Gasteiger partial charge in [-0.25, -0.2) is 0 Å². The number of nitrogens with zero attached hydrogens (tertiary/aromatic N) is 4. The van der Waals surface area contributed by atoms with Crippen molar-refractivity contribution in [3.63, 3.8) is 0 Å². The molecule has 8 nitrogen and oxygen atoms in total. The third-order valence-electron chi connectivity index (χ3n) is 25.1. The second kappa shape index (κ2) is 39.0. The van der Waals surface area contributed by atoms with Crippen molar-refractivity contribution in [2.24, 2.45) is 23.7 Å². The van der Waals surface area contributed by atoms with E-state index in [9.17, 15) is 0 Å². The van der Waals surface area contributed by atoms with E-state index in [1.165, 1.54) is 117 Å². The Morgan fingerprint density at radius 3 is 0.772 bits per heavy atom. The van der Waals surface area contributed by atoms with Crippen LogP contribution < -0.4 is 0 Å². The van der Waals surface area contributed by atoms with Gasteiger partial charge < -0.3 is 19.6 Å². The van der Waals surface area contributed by atoms with E-state index in [2.05, 4.69) is 191 Å². The Morgan fingerprint density at radius 1 is 0.254 bits per heavy atom. The van der Waals surface area contributed by atoms with Crippen LogP contribution in [0.25, 0.3) is 95.5 Å². The highest BCUT2D eigenvalue weighted by atomic mass is 32.1. The Balaban J connectivity index is 0.799. The monoisotopic (exact) mass is 1630 g/mol. The van der Waals surface area contributed by atoms with Crippen molar-refractivity contribution >= 4 is 147 Å². The van der Waals surface area contributed by atoms with Crippen LogP contribution >= 0.6 is 68.0 Å². The highest BCUT2D eigenvalue weighted by Crippen LogP contribution is 2.55. The van der Waals surface area contributed by atoms with Crippen molar-refractivity contribution in [2.45, 2.75) is 262 Å². The molecule has 0 aliphatic carbocycles. The normalized spacial score (nSPS) is 15.8. The number of rotatable bonds is 46. The smallest absolute Gasteiger partial charge is 0.261 e. The van der Waals surface area contributed by atoms with Crippen LogP contribution in [0, 0.1) is 23.7 Å². The average Bonchev–Trinajstić information content (AvgIpc) is 1.46. The molecule has 4 aromatic carbocycles. The Labute approximate surface area is 704 Å². The molecule has 0 fully saturated rings. The van der Waals surface area contributed by atoms with Gasteiger partial charge in [0.15, 0.2) is 0 Å². The first-order chi connectivity index (χ1) is 55.8. The first-order valence-electron chi connectivity index (χ1n) is 44.3. The number of unbranched alkanes of at least 4 members (excludes halogenated alkanes) is 14. The number of aryl methyl sites for hydroxylation is 2. The molecule has 0 radical (unpaired) electrons. The zero-order valence-electron chi connectivity index (χ0n) is 69.8. The molecule has 10 aromatic rings. The van der Waals surface area contributed by atoms with E-state index in [1.54, 1.807) is 45.3 Å². The average molecular weight is 1640 g/mol. The Bertz CT molecular complexity index is 4770. The number of thiophene rings is 6. The molecule has 4 aliphatic rings. The molecule has 4 atom stereocenters. The van der Waals surface area contributed by atoms with Crippen LogP contribution in [0.2, 0.25) is 0 Å². The van der Waals surface area contributed by atoms with Crippen LogP contribution in [0.3, 0.4) is 0 Å². The number of benzene rings is 4. The SMILES string of the molecule is CCCCCCCCc1ccc(-c2ccc(C3=C4C(=O)N(CC(CC)CCCC)C(c5ccc(-c6cc7ccc8cc(-c9ccc(C%10=C%11C(=O)N(CC(CC)CCCC)C(c%12ccc(-c%13ccc(CCCCCCCC)s%13)s%12)=C%11C(=O)N%10CC(CC)CCCC)s9)cc9ccc(c6)c7c89)s5)=C4C(=O)N3CC(CC)CCCC)s2)s1. The van der Waals surface area contributed by atoms with Crippen molar-refractivity contribution in [3.05, 3.63) is 173 Å². The van der Waals surface area contributed by atoms with E-state index >= 15 is 19.2 Å². The van der Waals surface area contributed by atoms with E-state index in [-0.39, 0.29) is 23.6 Å². The molecule has 0 saturated heterocycles. The summed E-state index contributed by atoms with van der Waals surface area (Å²) in [4.78, 5) is 85.5. The first-order valence-corrected chi connectivity index (χ1v) is 49.2. The molecule has 14 heteroatoms. The van der Waals surface area contributed by atoms with E-state index in [0.717, 1.165) is 200 Å². The maximum atomic E-state index is 15.9. The summed E-state index contributed by atoms with van der Waals surface area (Å²) < 4.78 is 0. The van der Waals surface area contributed by atoms with Gasteiger partial charge in [-0.05, 0) is 216 Å². The molecule has 4 aliphatic heterocycles. The van der Waals surface area contributed by atoms with Gasteiger partial charge in [0.25, 0.3) is 23.6 Å². The summed E-state index contributed by atoms with van der Waals surface area (Å²) in [5.41, 5.74) is 7.72. The second-order valence-corrected chi connectivity index (χ2v) is 39.8. The van der Waals surface area contributed by atoms with Crippen molar-refractivity contribution in [3.8, 4) is 40.4 Å². The van der Waals surface area contributed by atoms with Gasteiger partial charge in [-0.1, -0.05) is 235 Å². The minimum Gasteiger partial charge on any atom is -0.306 e. The molecular formula is C100H122N4O4S6. The predicted molar refractivity (Wildman–Crippen MR) is 494 cm³/mol. The maximum absolute atomic E-state index is 15.9. The maximum Gasteiger partial charge on any atom is 0.261 e. The third-order valence-corrected chi connectivity index (χ3v) is 32.3. The van der Waals surface area contributed by atoms with E-state index in [1.807, 2.05) is 42.3 Å². The van der Waals surface area contributed by atoms with Crippen LogP contribution in [-0.2, 0) is 32.0 Å². The zero-order valence-corrected chi connectivity index (χ0v) is 74.7. The van der Waals surface area contributed by atoms with Gasteiger partial charge >= 0.3 is 0 Å². The van der Waals surface area contributed by atoms with Crippen LogP contribution in [-0.4, -0.2) is 69.4 Å². The number of carbonyl (C=O) groups is 4. The summed E-state index contributed by atoms with van der Waals surface area (Å²) in [6, 6.07) is 45.3. The lowest BCUT2D eigenvalue weighted by Gasteiger charge is -2.29. The third kappa shape index (κ3) is 17.7. The molecule has 0 bridgehead atoms. The Kier molecular flexibility index (Phi) is 28.6. The topological polar surface area (TPSA) is 81.2 Å². The van der Waals surface area contributed by atoms with Gasteiger partial charge in [-0.3, -0.25) is 19.2 Å². The Morgan fingerprint density at radius 2 is 0.491 bits per heavy atom. The van der Waals surface area contributed by atoms with Gasteiger partial charge in [-0.15, -0.1) is 68.0 Å². The fourth-order valence-electron chi connectivity index (χ4n) is 18.2. The summed E-state index contributed by atoms with van der Waals surface area (Å²) in [7, 11) is 0. The van der Waals surface area contributed by atoms with Gasteiger partial charge in [0.2, 0.25) is 0 Å². The van der Waals surface area contributed by atoms with E-state index in [4.69, 9.17) is 0 Å². The van der Waals surface area contributed by atoms with Crippen LogP contribution in [0.1, 0.15) is 278 Å². The van der Waals surface area contributed by atoms with Crippen molar-refractivity contribution in [2.75, 3.05) is 26.2 Å². The highest BCUT2D eigenvalue weighted by molar-refractivity contribution is 7.23. The van der Waals surface area contributed by atoms with Crippen molar-refractivity contribution < 1.29 is 19.2 Å². The predicted octanol–water partition coefficient (Wildman–Crippen LogP) is 29.9. The Hall–Kier alpha value is -7.04. The lowest BCUT2D eigenvalue weighted by atomic mass is 9.91. The molecule has 0 spiro atoms. The zero-order chi connectivity index (χ0) is 79.5. The fourth-order valence-corrected chi connectivity index (χ4v) is 24.7. The van der Waals surface area contributed by atoms with Crippen molar-refractivity contribution in [1.29, 1.82) is 0 Å². The van der Waals surface area contributed by atoms with E-state index < -0.39 is 0 Å². The molecule has 6 aromatic heterocycles. The minimum absolute atomic E-state index is 0.0381. The standard InChI is InChI=1S/C100H122N4O4S6/c1-11-21-27-29-31-33-39-75-45-47-79(109-75)81-51-55-85(113-81)95-91-89(97(105)103(95)63-67(19-9)37-25-15-5)93(101(99(91)107)61-65(17-7)35-23-13-3)83-53-49-77(111-83)73-57-69-41-43-71-59-74(60-72-44-42-70(58-73)87(69)88(71)72)78-50-54-84(112-78)94-90-92(100(108)102(94)62-66(18-8)36-24-14-4)96(104(98(90)106)64-68(20-10)38-26-16-6)86-56-52-82(114-86)80-48-46-76(110-80)40-34-32-30-28-22-12-2/h41-60,65-68H,11-40,61-64H2,1-10H3. The van der Waals surface area contributed by atoms with Gasteiger partial charge in [0.05, 0.1) is 64.6 Å².